The van der Waals surface area contributed by atoms with E-state index in [9.17, 15) is 4.39 Å². The topological polar surface area (TPSA) is 30.5 Å². The van der Waals surface area contributed by atoms with Crippen LogP contribution >= 0.6 is 0 Å². The van der Waals surface area contributed by atoms with Crippen LogP contribution in [0.1, 0.15) is 11.1 Å². The van der Waals surface area contributed by atoms with Crippen LogP contribution in [0.3, 0.4) is 0 Å². The lowest BCUT2D eigenvalue weighted by molar-refractivity contribution is 0.199. The summed E-state index contributed by atoms with van der Waals surface area (Å²) in [4.78, 5) is 0. The molecular weight excluding hydrogens is 269 g/mol. The third-order valence-electron chi connectivity index (χ3n) is 3.12. The first-order valence-corrected chi connectivity index (χ1v) is 6.92. The van der Waals surface area contributed by atoms with Gasteiger partial charge in [-0.3, -0.25) is 0 Å². The van der Waals surface area contributed by atoms with Gasteiger partial charge in [-0.15, -0.1) is 0 Å². The van der Waals surface area contributed by atoms with Gasteiger partial charge in [0.1, 0.15) is 5.75 Å². The normalized spacial score (nSPS) is 10.6. The fraction of sp³-hybridized carbons (Fsp3) is 0.294. The molecule has 0 aliphatic rings. The minimum Gasteiger partial charge on any atom is -0.454 e. The molecule has 4 heteroatoms. The van der Waals surface area contributed by atoms with Gasteiger partial charge in [0.2, 0.25) is 0 Å². The molecule has 2 aromatic carbocycles. The molecule has 0 saturated carbocycles. The summed E-state index contributed by atoms with van der Waals surface area (Å²) in [5.74, 6) is 0.559. The van der Waals surface area contributed by atoms with Crippen molar-refractivity contribution >= 4 is 0 Å². The van der Waals surface area contributed by atoms with E-state index < -0.39 is 0 Å². The Morgan fingerprint density at radius 2 is 1.86 bits per heavy atom. The van der Waals surface area contributed by atoms with Gasteiger partial charge in [0, 0.05) is 20.2 Å². The quantitative estimate of drug-likeness (QED) is 0.789. The van der Waals surface area contributed by atoms with Crippen LogP contribution in [0.25, 0.3) is 0 Å². The highest BCUT2D eigenvalue weighted by molar-refractivity contribution is 5.36. The Kier molecular flexibility index (Phi) is 5.72. The van der Waals surface area contributed by atoms with Crippen LogP contribution < -0.4 is 10.1 Å². The van der Waals surface area contributed by atoms with E-state index >= 15 is 0 Å². The SMILES string of the molecule is COCCNCc1ccc(Oc2cccc(C)c2F)cc1. The Morgan fingerprint density at radius 3 is 2.57 bits per heavy atom. The van der Waals surface area contributed by atoms with Gasteiger partial charge in [0.25, 0.3) is 0 Å². The fourth-order valence-corrected chi connectivity index (χ4v) is 1.91. The van der Waals surface area contributed by atoms with Crippen molar-refractivity contribution in [2.75, 3.05) is 20.3 Å². The maximum absolute atomic E-state index is 13.9. The van der Waals surface area contributed by atoms with Crippen LogP contribution in [0.15, 0.2) is 42.5 Å². The van der Waals surface area contributed by atoms with E-state index in [1.807, 2.05) is 24.3 Å². The van der Waals surface area contributed by atoms with Gasteiger partial charge < -0.3 is 14.8 Å². The number of rotatable bonds is 7. The Bertz CT molecular complexity index is 570. The lowest BCUT2D eigenvalue weighted by Gasteiger charge is -2.09. The lowest BCUT2D eigenvalue weighted by Crippen LogP contribution is -2.18. The largest absolute Gasteiger partial charge is 0.454 e. The number of benzene rings is 2. The summed E-state index contributed by atoms with van der Waals surface area (Å²) in [7, 11) is 1.68. The van der Waals surface area contributed by atoms with Gasteiger partial charge in [0.05, 0.1) is 6.61 Å². The van der Waals surface area contributed by atoms with Crippen LogP contribution in [-0.2, 0) is 11.3 Å². The van der Waals surface area contributed by atoms with Crippen LogP contribution in [0.4, 0.5) is 4.39 Å². The number of methoxy groups -OCH3 is 1. The number of hydrogen-bond donors (Lipinski definition) is 1. The van der Waals surface area contributed by atoms with Crippen LogP contribution in [-0.4, -0.2) is 20.3 Å². The van der Waals surface area contributed by atoms with E-state index in [4.69, 9.17) is 9.47 Å². The molecule has 0 spiro atoms. The minimum atomic E-state index is -0.317. The van der Waals surface area contributed by atoms with Crippen molar-refractivity contribution in [2.45, 2.75) is 13.5 Å². The molecule has 2 aromatic rings. The first kappa shape index (κ1) is 15.5. The summed E-state index contributed by atoms with van der Waals surface area (Å²) < 4.78 is 24.4. The van der Waals surface area contributed by atoms with E-state index in [1.165, 1.54) is 0 Å². The lowest BCUT2D eigenvalue weighted by atomic mass is 10.2. The summed E-state index contributed by atoms with van der Waals surface area (Å²) in [6.45, 7) is 3.98. The maximum atomic E-state index is 13.9. The summed E-state index contributed by atoms with van der Waals surface area (Å²) in [5.41, 5.74) is 1.72. The second-order valence-electron chi connectivity index (χ2n) is 4.80. The molecule has 0 aliphatic heterocycles. The van der Waals surface area contributed by atoms with E-state index in [2.05, 4.69) is 5.32 Å². The first-order chi connectivity index (χ1) is 10.2. The predicted octanol–water partition coefficient (Wildman–Crippen LogP) is 3.66. The molecule has 0 amide bonds. The van der Waals surface area contributed by atoms with Crippen molar-refractivity contribution in [3.05, 3.63) is 59.4 Å². The van der Waals surface area contributed by atoms with Gasteiger partial charge in [-0.1, -0.05) is 24.3 Å². The number of aryl methyl sites for hydroxylation is 1. The molecule has 2 rings (SSSR count). The highest BCUT2D eigenvalue weighted by Crippen LogP contribution is 2.26. The Labute approximate surface area is 124 Å². The molecule has 3 nitrogen and oxygen atoms in total. The van der Waals surface area contributed by atoms with Crippen molar-refractivity contribution < 1.29 is 13.9 Å². The van der Waals surface area contributed by atoms with Gasteiger partial charge in [-0.25, -0.2) is 4.39 Å². The standard InChI is InChI=1S/C17H20FNO2/c1-13-4-3-5-16(17(13)18)21-15-8-6-14(7-9-15)12-19-10-11-20-2/h3-9,19H,10-12H2,1-2H3. The van der Waals surface area contributed by atoms with Crippen LogP contribution in [0.5, 0.6) is 11.5 Å². The highest BCUT2D eigenvalue weighted by Gasteiger charge is 2.06. The van der Waals surface area contributed by atoms with E-state index in [1.54, 1.807) is 32.2 Å². The van der Waals surface area contributed by atoms with Gasteiger partial charge in [-0.2, -0.15) is 0 Å². The van der Waals surface area contributed by atoms with Crippen molar-refractivity contribution in [1.82, 2.24) is 5.32 Å². The van der Waals surface area contributed by atoms with Gasteiger partial charge in [-0.05, 0) is 36.2 Å². The summed E-state index contributed by atoms with van der Waals surface area (Å²) in [5, 5.41) is 3.26. The van der Waals surface area contributed by atoms with E-state index in [0.717, 1.165) is 18.7 Å². The summed E-state index contributed by atoms with van der Waals surface area (Å²) >= 11 is 0. The summed E-state index contributed by atoms with van der Waals surface area (Å²) in [6.07, 6.45) is 0. The van der Waals surface area contributed by atoms with Crippen molar-refractivity contribution in [1.29, 1.82) is 0 Å². The molecule has 0 atom stereocenters. The number of hydrogen-bond acceptors (Lipinski definition) is 3. The van der Waals surface area contributed by atoms with Gasteiger partial charge in [0.15, 0.2) is 11.6 Å². The monoisotopic (exact) mass is 289 g/mol. The van der Waals surface area contributed by atoms with E-state index in [-0.39, 0.29) is 11.6 Å². The zero-order valence-electron chi connectivity index (χ0n) is 12.4. The first-order valence-electron chi connectivity index (χ1n) is 6.92. The van der Waals surface area contributed by atoms with Gasteiger partial charge >= 0.3 is 0 Å². The van der Waals surface area contributed by atoms with Crippen molar-refractivity contribution in [2.24, 2.45) is 0 Å². The Hall–Kier alpha value is -1.91. The smallest absolute Gasteiger partial charge is 0.168 e. The summed E-state index contributed by atoms with van der Waals surface area (Å²) in [6, 6.07) is 12.7. The molecular formula is C17H20FNO2. The second kappa shape index (κ2) is 7.76. The second-order valence-corrected chi connectivity index (χ2v) is 4.80. The van der Waals surface area contributed by atoms with E-state index in [0.29, 0.717) is 17.9 Å². The molecule has 0 unspecified atom stereocenters. The average Bonchev–Trinajstić information content (AvgIpc) is 2.50. The Balaban J connectivity index is 1.94. The molecule has 0 aliphatic carbocycles. The third kappa shape index (κ3) is 4.55. The zero-order chi connectivity index (χ0) is 15.1. The molecule has 112 valence electrons. The average molecular weight is 289 g/mol. The third-order valence-corrected chi connectivity index (χ3v) is 3.12. The maximum Gasteiger partial charge on any atom is 0.168 e. The van der Waals surface area contributed by atoms with Crippen molar-refractivity contribution in [3.63, 3.8) is 0 Å². The molecule has 0 bridgehead atoms. The van der Waals surface area contributed by atoms with Crippen molar-refractivity contribution in [3.8, 4) is 11.5 Å². The van der Waals surface area contributed by atoms with Crippen LogP contribution in [0.2, 0.25) is 0 Å². The highest BCUT2D eigenvalue weighted by atomic mass is 19.1. The molecule has 0 aromatic heterocycles. The molecule has 0 radical (unpaired) electrons. The number of nitrogens with one attached hydrogen (secondary N) is 1. The molecule has 0 fully saturated rings. The molecule has 1 N–H and O–H groups in total. The predicted molar refractivity (Wildman–Crippen MR) is 81.2 cm³/mol. The number of halogens is 1. The minimum absolute atomic E-state index is 0.251. The Morgan fingerprint density at radius 1 is 1.10 bits per heavy atom. The fourth-order valence-electron chi connectivity index (χ4n) is 1.91. The molecule has 21 heavy (non-hydrogen) atoms. The molecule has 0 heterocycles. The number of ether oxygens (including phenoxy) is 2. The zero-order valence-corrected chi connectivity index (χ0v) is 12.4. The van der Waals surface area contributed by atoms with Crippen LogP contribution in [0, 0.1) is 12.7 Å². The molecule has 0 saturated heterocycles.